The van der Waals surface area contributed by atoms with E-state index in [-0.39, 0.29) is 24.7 Å². The number of imidazole rings is 1. The Hall–Kier alpha value is -3.45. The molecule has 13 heteroatoms. The standard InChI is InChI=1S/C20H24N6O6S/c1-5-25-14(6-11(2)24-25)18(28)23-19-22-13-7-12(17(21)27)8-15-16(13)26(19)20(3,9-31-15)10-32-33(4,29)30/h6-8H,5,9-10H2,1-4H3,(H2,21,27)(H,22,23,28). The van der Waals surface area contributed by atoms with Crippen molar-refractivity contribution in [3.8, 4) is 5.75 Å². The zero-order valence-electron chi connectivity index (χ0n) is 18.6. The minimum atomic E-state index is -3.74. The zero-order valence-corrected chi connectivity index (χ0v) is 19.4. The molecule has 1 atom stereocenters. The molecule has 0 saturated heterocycles. The van der Waals surface area contributed by atoms with Crippen LogP contribution in [0.4, 0.5) is 5.95 Å². The summed E-state index contributed by atoms with van der Waals surface area (Å²) in [6.45, 7) is 5.60. The minimum absolute atomic E-state index is 0.00192. The van der Waals surface area contributed by atoms with Gasteiger partial charge in [0.05, 0.1) is 24.1 Å². The van der Waals surface area contributed by atoms with Crippen molar-refractivity contribution >= 4 is 38.9 Å². The van der Waals surface area contributed by atoms with Crippen molar-refractivity contribution in [2.24, 2.45) is 5.73 Å². The number of aryl methyl sites for hydroxylation is 2. The van der Waals surface area contributed by atoms with Gasteiger partial charge in [0.15, 0.2) is 0 Å². The highest BCUT2D eigenvalue weighted by Gasteiger charge is 2.39. The molecule has 3 heterocycles. The van der Waals surface area contributed by atoms with E-state index >= 15 is 0 Å². The molecule has 1 aliphatic heterocycles. The van der Waals surface area contributed by atoms with Crippen LogP contribution in [-0.4, -0.2) is 59.0 Å². The van der Waals surface area contributed by atoms with Gasteiger partial charge in [0.25, 0.3) is 16.0 Å². The van der Waals surface area contributed by atoms with E-state index in [1.807, 2.05) is 6.92 Å². The van der Waals surface area contributed by atoms with Crippen LogP contribution in [0.1, 0.15) is 40.4 Å². The number of hydrogen-bond acceptors (Lipinski definition) is 8. The normalized spacial score (nSPS) is 17.7. The number of ether oxygens (including phenoxy) is 1. The number of hydrogen-bond donors (Lipinski definition) is 2. The van der Waals surface area contributed by atoms with E-state index in [0.29, 0.717) is 34.7 Å². The number of nitrogens with one attached hydrogen (secondary N) is 1. The molecule has 0 saturated carbocycles. The fraction of sp³-hybridized carbons (Fsp3) is 0.400. The van der Waals surface area contributed by atoms with Crippen LogP contribution < -0.4 is 15.8 Å². The number of primary amides is 1. The van der Waals surface area contributed by atoms with Crippen LogP contribution in [0.2, 0.25) is 0 Å². The number of benzene rings is 1. The smallest absolute Gasteiger partial charge is 0.276 e. The number of carbonyl (C=O) groups is 2. The van der Waals surface area contributed by atoms with E-state index in [4.69, 9.17) is 14.7 Å². The van der Waals surface area contributed by atoms with Crippen molar-refractivity contribution in [2.75, 3.05) is 24.8 Å². The number of nitrogens with two attached hydrogens (primary N) is 1. The lowest BCUT2D eigenvalue weighted by Crippen LogP contribution is -2.44. The van der Waals surface area contributed by atoms with Crippen LogP contribution >= 0.6 is 0 Å². The van der Waals surface area contributed by atoms with E-state index in [1.165, 1.54) is 12.1 Å². The predicted molar refractivity (Wildman–Crippen MR) is 119 cm³/mol. The van der Waals surface area contributed by atoms with Crippen molar-refractivity contribution in [3.05, 3.63) is 35.2 Å². The second-order valence-corrected chi connectivity index (χ2v) is 9.81. The van der Waals surface area contributed by atoms with Gasteiger partial charge < -0.3 is 10.5 Å². The maximum Gasteiger partial charge on any atom is 0.276 e. The van der Waals surface area contributed by atoms with Crippen molar-refractivity contribution < 1.29 is 26.9 Å². The van der Waals surface area contributed by atoms with Crippen LogP contribution in [0.5, 0.6) is 5.75 Å². The summed E-state index contributed by atoms with van der Waals surface area (Å²) in [4.78, 5) is 29.4. The summed E-state index contributed by atoms with van der Waals surface area (Å²) >= 11 is 0. The highest BCUT2D eigenvalue weighted by Crippen LogP contribution is 2.40. The average molecular weight is 477 g/mol. The van der Waals surface area contributed by atoms with Crippen LogP contribution in [0.15, 0.2) is 18.2 Å². The summed E-state index contributed by atoms with van der Waals surface area (Å²) < 4.78 is 37.5. The van der Waals surface area contributed by atoms with Gasteiger partial charge in [-0.2, -0.15) is 13.5 Å². The van der Waals surface area contributed by atoms with Gasteiger partial charge in [0, 0.05) is 12.1 Å². The van der Waals surface area contributed by atoms with Gasteiger partial charge >= 0.3 is 0 Å². The van der Waals surface area contributed by atoms with E-state index in [9.17, 15) is 18.0 Å². The fourth-order valence-electron chi connectivity index (χ4n) is 3.81. The molecule has 1 unspecified atom stereocenters. The zero-order chi connectivity index (χ0) is 24.1. The summed E-state index contributed by atoms with van der Waals surface area (Å²) in [7, 11) is -3.74. The maximum atomic E-state index is 13.1. The van der Waals surface area contributed by atoms with Crippen molar-refractivity contribution in [3.63, 3.8) is 0 Å². The molecule has 0 aliphatic carbocycles. The summed E-state index contributed by atoms with van der Waals surface area (Å²) in [5.41, 5.74) is 6.44. The molecular weight excluding hydrogens is 452 g/mol. The summed E-state index contributed by atoms with van der Waals surface area (Å²) in [5, 5.41) is 7.08. The molecule has 1 aromatic carbocycles. The number of anilines is 1. The quantitative estimate of drug-likeness (QED) is 0.477. The number of carbonyl (C=O) groups excluding carboxylic acids is 2. The van der Waals surface area contributed by atoms with Gasteiger partial charge in [0.1, 0.15) is 29.1 Å². The lowest BCUT2D eigenvalue weighted by atomic mass is 10.0. The largest absolute Gasteiger partial charge is 0.489 e. The Bertz CT molecular complexity index is 1390. The van der Waals surface area contributed by atoms with Gasteiger partial charge in [-0.3, -0.25) is 28.3 Å². The molecule has 3 N–H and O–H groups in total. The molecular formula is C20H24N6O6S. The van der Waals surface area contributed by atoms with Gasteiger partial charge in [-0.05, 0) is 39.0 Å². The molecule has 3 aromatic rings. The van der Waals surface area contributed by atoms with Crippen LogP contribution in [0.3, 0.4) is 0 Å². The molecule has 2 aromatic heterocycles. The van der Waals surface area contributed by atoms with E-state index in [2.05, 4.69) is 15.4 Å². The molecule has 33 heavy (non-hydrogen) atoms. The molecule has 4 rings (SSSR count). The van der Waals surface area contributed by atoms with Crippen molar-refractivity contribution in [1.82, 2.24) is 19.3 Å². The average Bonchev–Trinajstić information content (AvgIpc) is 3.30. The second-order valence-electron chi connectivity index (χ2n) is 8.17. The first-order valence-corrected chi connectivity index (χ1v) is 11.9. The molecule has 176 valence electrons. The minimum Gasteiger partial charge on any atom is -0.489 e. The third kappa shape index (κ3) is 4.16. The maximum absolute atomic E-state index is 13.1. The Morgan fingerprint density at radius 3 is 2.70 bits per heavy atom. The molecule has 0 spiro atoms. The lowest BCUT2D eigenvalue weighted by molar-refractivity contribution is 0.0955. The van der Waals surface area contributed by atoms with Crippen LogP contribution in [0, 0.1) is 6.92 Å². The summed E-state index contributed by atoms with van der Waals surface area (Å²) in [5.74, 6) is -0.630. The van der Waals surface area contributed by atoms with Crippen molar-refractivity contribution in [1.29, 1.82) is 0 Å². The van der Waals surface area contributed by atoms with Crippen molar-refractivity contribution in [2.45, 2.75) is 32.9 Å². The molecule has 12 nitrogen and oxygen atoms in total. The Balaban J connectivity index is 1.85. The Morgan fingerprint density at radius 1 is 1.33 bits per heavy atom. The third-order valence-electron chi connectivity index (χ3n) is 5.32. The SMILES string of the molecule is CCn1nc(C)cc1C(=O)Nc1nc2cc(C(N)=O)cc3c2n1C(C)(COS(C)(=O)=O)CO3. The van der Waals surface area contributed by atoms with Gasteiger partial charge in [-0.1, -0.05) is 0 Å². The van der Waals surface area contributed by atoms with E-state index < -0.39 is 27.5 Å². The highest BCUT2D eigenvalue weighted by atomic mass is 32.2. The van der Waals surface area contributed by atoms with Crippen LogP contribution in [-0.2, 0) is 26.4 Å². The van der Waals surface area contributed by atoms with Gasteiger partial charge in [-0.25, -0.2) is 4.98 Å². The number of aromatic nitrogens is 4. The Morgan fingerprint density at radius 2 is 2.06 bits per heavy atom. The fourth-order valence-corrected chi connectivity index (χ4v) is 4.28. The Labute approximate surface area is 189 Å². The first-order valence-electron chi connectivity index (χ1n) is 10.1. The first kappa shape index (κ1) is 22.7. The van der Waals surface area contributed by atoms with Gasteiger partial charge in [0.2, 0.25) is 11.9 Å². The monoisotopic (exact) mass is 476 g/mol. The third-order valence-corrected chi connectivity index (χ3v) is 5.87. The molecule has 1 aliphatic rings. The first-order chi connectivity index (χ1) is 15.4. The molecule has 0 radical (unpaired) electrons. The number of rotatable bonds is 7. The second kappa shape index (κ2) is 7.85. The summed E-state index contributed by atoms with van der Waals surface area (Å²) in [6, 6.07) is 4.63. The Kier molecular flexibility index (Phi) is 5.41. The number of amides is 2. The lowest BCUT2D eigenvalue weighted by Gasteiger charge is -2.36. The summed E-state index contributed by atoms with van der Waals surface area (Å²) in [6.07, 6.45) is 0.952. The topological polar surface area (TPSA) is 160 Å². The number of nitrogens with zero attached hydrogens (tertiary/aromatic N) is 4. The van der Waals surface area contributed by atoms with E-state index in [0.717, 1.165) is 6.26 Å². The van der Waals surface area contributed by atoms with E-state index in [1.54, 1.807) is 29.2 Å². The van der Waals surface area contributed by atoms with Crippen LogP contribution in [0.25, 0.3) is 11.0 Å². The molecule has 0 fully saturated rings. The predicted octanol–water partition coefficient (Wildman–Crippen LogP) is 0.996. The molecule has 2 amide bonds. The highest BCUT2D eigenvalue weighted by molar-refractivity contribution is 7.85. The molecule has 0 bridgehead atoms. The van der Waals surface area contributed by atoms with Gasteiger partial charge in [-0.15, -0.1) is 0 Å².